The summed E-state index contributed by atoms with van der Waals surface area (Å²) in [5.41, 5.74) is 1.91. The normalized spacial score (nSPS) is 18.1. The highest BCUT2D eigenvalue weighted by molar-refractivity contribution is 7.90. The third kappa shape index (κ3) is 5.01. The molecule has 4 rings (SSSR count). The van der Waals surface area contributed by atoms with Crippen molar-refractivity contribution in [2.75, 3.05) is 18.4 Å². The van der Waals surface area contributed by atoms with Gasteiger partial charge in [0.2, 0.25) is 5.91 Å². The Morgan fingerprint density at radius 1 is 1.03 bits per heavy atom. The van der Waals surface area contributed by atoms with Gasteiger partial charge in [-0.05, 0) is 62.5 Å². The minimum absolute atomic E-state index is 0.00623. The fraction of sp³-hybridized carbons (Fsp3) is 0.357. The molecule has 2 N–H and O–H groups in total. The molecule has 0 unspecified atom stereocenters. The van der Waals surface area contributed by atoms with Crippen LogP contribution in [-0.2, 0) is 14.8 Å². The van der Waals surface area contributed by atoms with Crippen molar-refractivity contribution in [1.29, 1.82) is 0 Å². The van der Waals surface area contributed by atoms with Crippen LogP contribution in [0.4, 0.5) is 5.69 Å². The summed E-state index contributed by atoms with van der Waals surface area (Å²) in [7, 11) is -4.14. The number of nitrogens with one attached hydrogen (secondary N) is 2. The number of sulfonamides is 1. The van der Waals surface area contributed by atoms with Gasteiger partial charge in [0.15, 0.2) is 0 Å². The molecule has 2 amide bonds. The second kappa shape index (κ2) is 10.8. The molecule has 1 fully saturated rings. The molecule has 0 aliphatic carbocycles. The van der Waals surface area contributed by atoms with Crippen molar-refractivity contribution in [3.63, 3.8) is 0 Å². The molecule has 0 saturated carbocycles. The highest BCUT2D eigenvalue weighted by Crippen LogP contribution is 2.34. The molecule has 2 atom stereocenters. The Labute approximate surface area is 212 Å². The number of benzene rings is 3. The number of nitrogens with zero attached hydrogens (tertiary/aromatic N) is 1. The second-order valence-electron chi connectivity index (χ2n) is 9.41. The van der Waals surface area contributed by atoms with Crippen molar-refractivity contribution in [3.05, 3.63) is 71.8 Å². The number of amides is 2. The molecule has 1 heterocycles. The summed E-state index contributed by atoms with van der Waals surface area (Å²) in [5.74, 6) is -0.650. The molecule has 190 valence electrons. The first-order valence-electron chi connectivity index (χ1n) is 12.4. The summed E-state index contributed by atoms with van der Waals surface area (Å²) >= 11 is 0. The van der Waals surface area contributed by atoms with E-state index in [1.54, 1.807) is 42.5 Å². The van der Waals surface area contributed by atoms with Crippen molar-refractivity contribution >= 4 is 38.3 Å². The van der Waals surface area contributed by atoms with Crippen LogP contribution in [-0.4, -0.2) is 43.7 Å². The summed E-state index contributed by atoms with van der Waals surface area (Å²) in [6.45, 7) is 7.02. The number of hydrogen-bond acceptors (Lipinski definition) is 5. The molecular formula is C28H33N3O4S. The van der Waals surface area contributed by atoms with Gasteiger partial charge in [-0.3, -0.25) is 9.59 Å². The molecule has 3 aromatic carbocycles. The van der Waals surface area contributed by atoms with Gasteiger partial charge in [0, 0.05) is 28.4 Å². The van der Waals surface area contributed by atoms with Gasteiger partial charge < -0.3 is 10.6 Å². The zero-order chi connectivity index (χ0) is 25.9. The number of hydrogen-bond donors (Lipinski definition) is 2. The SMILES string of the molecule is CCCC(=O)N([C@@H]1CCNC[C@@H]1C)S(=O)(=O)c1ccc(NC(=O)c2ccccc2C)c2ccccc12. The summed E-state index contributed by atoms with van der Waals surface area (Å²) in [6.07, 6.45) is 1.30. The van der Waals surface area contributed by atoms with Gasteiger partial charge in [-0.1, -0.05) is 56.3 Å². The van der Waals surface area contributed by atoms with Crippen LogP contribution in [0.5, 0.6) is 0 Å². The van der Waals surface area contributed by atoms with Gasteiger partial charge in [-0.2, -0.15) is 0 Å². The maximum Gasteiger partial charge on any atom is 0.267 e. The molecule has 0 aromatic heterocycles. The molecule has 1 aliphatic heterocycles. The standard InChI is InChI=1S/C28H33N3O4S/c1-4-9-27(32)31(25-16-17-29-18-20(25)3)36(34,35)26-15-14-24(22-12-7-8-13-23(22)26)30-28(33)21-11-6-5-10-19(21)2/h5-8,10-15,20,25,29H,4,9,16-18H2,1-3H3,(H,30,33)/t20-,25+/m0/s1. The molecule has 36 heavy (non-hydrogen) atoms. The van der Waals surface area contributed by atoms with Gasteiger partial charge in [0.05, 0.1) is 10.9 Å². The second-order valence-corrected chi connectivity index (χ2v) is 11.2. The number of anilines is 1. The van der Waals surface area contributed by atoms with E-state index in [1.165, 1.54) is 6.07 Å². The van der Waals surface area contributed by atoms with Gasteiger partial charge in [-0.25, -0.2) is 12.7 Å². The third-order valence-corrected chi connectivity index (χ3v) is 8.71. The number of fused-ring (bicyclic) bond motifs is 1. The molecule has 1 saturated heterocycles. The van der Waals surface area contributed by atoms with Crippen molar-refractivity contribution in [2.45, 2.75) is 51.0 Å². The van der Waals surface area contributed by atoms with E-state index in [0.29, 0.717) is 48.0 Å². The zero-order valence-electron chi connectivity index (χ0n) is 21.0. The van der Waals surface area contributed by atoms with Crippen LogP contribution in [0.3, 0.4) is 0 Å². The first-order chi connectivity index (χ1) is 17.3. The maximum atomic E-state index is 14.1. The number of carbonyl (C=O) groups is 2. The van der Waals surface area contributed by atoms with Crippen LogP contribution in [0.1, 0.15) is 49.0 Å². The van der Waals surface area contributed by atoms with Gasteiger partial charge in [-0.15, -0.1) is 0 Å². The lowest BCUT2D eigenvalue weighted by Crippen LogP contribution is -2.53. The van der Waals surface area contributed by atoms with E-state index in [0.717, 1.165) is 9.87 Å². The topological polar surface area (TPSA) is 95.6 Å². The van der Waals surface area contributed by atoms with Gasteiger partial charge in [0.25, 0.3) is 15.9 Å². The lowest BCUT2D eigenvalue weighted by atomic mass is 9.95. The van der Waals surface area contributed by atoms with Crippen LogP contribution in [0.25, 0.3) is 10.8 Å². The number of rotatable bonds is 7. The van der Waals surface area contributed by atoms with Crippen molar-refractivity contribution in [2.24, 2.45) is 5.92 Å². The predicted octanol–water partition coefficient (Wildman–Crippen LogP) is 4.72. The van der Waals surface area contributed by atoms with Gasteiger partial charge >= 0.3 is 0 Å². The van der Waals surface area contributed by atoms with Crippen LogP contribution in [0, 0.1) is 12.8 Å². The Bertz CT molecular complexity index is 1390. The van der Waals surface area contributed by atoms with E-state index in [-0.39, 0.29) is 29.0 Å². The Morgan fingerprint density at radius 2 is 1.72 bits per heavy atom. The Kier molecular flexibility index (Phi) is 7.76. The Morgan fingerprint density at radius 3 is 2.42 bits per heavy atom. The monoisotopic (exact) mass is 507 g/mol. The average Bonchev–Trinajstić information content (AvgIpc) is 2.85. The summed E-state index contributed by atoms with van der Waals surface area (Å²) < 4.78 is 29.3. The van der Waals surface area contributed by atoms with Crippen LogP contribution in [0.2, 0.25) is 0 Å². The van der Waals surface area contributed by atoms with Crippen LogP contribution in [0.15, 0.2) is 65.6 Å². The number of aryl methyl sites for hydroxylation is 1. The van der Waals surface area contributed by atoms with E-state index in [4.69, 9.17) is 0 Å². The minimum atomic E-state index is -4.14. The third-order valence-electron chi connectivity index (χ3n) is 6.81. The number of carbonyl (C=O) groups excluding carboxylic acids is 2. The van der Waals surface area contributed by atoms with Crippen LogP contribution < -0.4 is 10.6 Å². The fourth-order valence-corrected chi connectivity index (χ4v) is 6.84. The van der Waals surface area contributed by atoms with E-state index < -0.39 is 16.1 Å². The molecule has 0 bridgehead atoms. The smallest absolute Gasteiger partial charge is 0.267 e. The van der Waals surface area contributed by atoms with E-state index in [9.17, 15) is 18.0 Å². The molecule has 0 spiro atoms. The average molecular weight is 508 g/mol. The van der Waals surface area contributed by atoms with E-state index >= 15 is 0 Å². The first-order valence-corrected chi connectivity index (χ1v) is 13.9. The highest BCUT2D eigenvalue weighted by Gasteiger charge is 2.39. The maximum absolute atomic E-state index is 14.1. The largest absolute Gasteiger partial charge is 0.321 e. The van der Waals surface area contributed by atoms with Crippen LogP contribution >= 0.6 is 0 Å². The van der Waals surface area contributed by atoms with Crippen molar-refractivity contribution in [3.8, 4) is 0 Å². The quantitative estimate of drug-likeness (QED) is 0.483. The van der Waals surface area contributed by atoms with E-state index in [1.807, 2.05) is 32.9 Å². The minimum Gasteiger partial charge on any atom is -0.321 e. The molecule has 0 radical (unpaired) electrons. The van der Waals surface area contributed by atoms with Crippen molar-refractivity contribution in [1.82, 2.24) is 9.62 Å². The highest BCUT2D eigenvalue weighted by atomic mass is 32.2. The lowest BCUT2D eigenvalue weighted by Gasteiger charge is -2.38. The molecule has 1 aliphatic rings. The first kappa shape index (κ1) is 25.9. The fourth-order valence-electron chi connectivity index (χ4n) is 4.90. The summed E-state index contributed by atoms with van der Waals surface area (Å²) in [4.78, 5) is 26.3. The predicted molar refractivity (Wildman–Crippen MR) is 142 cm³/mol. The lowest BCUT2D eigenvalue weighted by molar-refractivity contribution is -0.129. The molecule has 3 aromatic rings. The Hall–Kier alpha value is -3.23. The summed E-state index contributed by atoms with van der Waals surface area (Å²) in [6, 6.07) is 17.1. The molecule has 7 nitrogen and oxygen atoms in total. The van der Waals surface area contributed by atoms with Gasteiger partial charge in [0.1, 0.15) is 0 Å². The summed E-state index contributed by atoms with van der Waals surface area (Å²) in [5, 5.41) is 7.29. The van der Waals surface area contributed by atoms with E-state index in [2.05, 4.69) is 10.6 Å². The Balaban J connectivity index is 1.79. The molecule has 8 heteroatoms. The number of piperidine rings is 1. The molecular weight excluding hydrogens is 474 g/mol. The zero-order valence-corrected chi connectivity index (χ0v) is 21.8. The van der Waals surface area contributed by atoms with Crippen molar-refractivity contribution < 1.29 is 18.0 Å².